The van der Waals surface area contributed by atoms with Gasteiger partial charge in [-0.2, -0.15) is 0 Å². The molecule has 0 saturated carbocycles. The van der Waals surface area contributed by atoms with Gasteiger partial charge in [-0.25, -0.2) is 8.42 Å². The molecule has 1 N–H and O–H groups in total. The second-order valence-electron chi connectivity index (χ2n) is 5.36. The fourth-order valence-electron chi connectivity index (χ4n) is 1.89. The molecule has 1 aromatic heterocycles. The molecule has 1 heterocycles. The van der Waals surface area contributed by atoms with E-state index >= 15 is 0 Å². The zero-order chi connectivity index (χ0) is 16.3. The van der Waals surface area contributed by atoms with Gasteiger partial charge in [0.2, 0.25) is 5.13 Å². The average Bonchev–Trinajstić information content (AvgIpc) is 2.84. The highest BCUT2D eigenvalue weighted by atomic mass is 32.2. The number of nitrogens with one attached hydrogen (secondary N) is 1. The maximum absolute atomic E-state index is 12.5. The van der Waals surface area contributed by atoms with Gasteiger partial charge in [0.1, 0.15) is 15.7 Å². The smallest absolute Gasteiger partial charge is 0.267 e. The quantitative estimate of drug-likeness (QED) is 0.874. The predicted molar refractivity (Wildman–Crippen MR) is 87.0 cm³/mol. The number of ether oxygens (including phenoxy) is 1. The van der Waals surface area contributed by atoms with Crippen LogP contribution in [-0.2, 0) is 16.4 Å². The predicted octanol–water partition coefficient (Wildman–Crippen LogP) is 2.85. The molecular weight excluding hydrogens is 322 g/mol. The molecule has 8 heteroatoms. The Morgan fingerprint density at radius 3 is 2.68 bits per heavy atom. The summed E-state index contributed by atoms with van der Waals surface area (Å²) in [7, 11) is -2.32. The Labute approximate surface area is 134 Å². The van der Waals surface area contributed by atoms with Crippen molar-refractivity contribution in [2.24, 2.45) is 5.92 Å². The molecule has 0 unspecified atom stereocenters. The molecule has 1 aromatic carbocycles. The van der Waals surface area contributed by atoms with Gasteiger partial charge in [0, 0.05) is 6.42 Å². The number of nitrogens with zero attached hydrogens (tertiary/aromatic N) is 2. The minimum absolute atomic E-state index is 0.0932. The molecule has 0 saturated heterocycles. The number of hydrogen-bond acceptors (Lipinski definition) is 6. The lowest BCUT2D eigenvalue weighted by atomic mass is 10.1. The molecule has 0 bridgehead atoms. The van der Waals surface area contributed by atoms with Gasteiger partial charge in [-0.3, -0.25) is 4.72 Å². The Morgan fingerprint density at radius 1 is 1.32 bits per heavy atom. The molecule has 120 valence electrons. The lowest BCUT2D eigenvalue weighted by Gasteiger charge is -2.10. The van der Waals surface area contributed by atoms with Crippen LogP contribution in [0.5, 0.6) is 5.75 Å². The van der Waals surface area contributed by atoms with E-state index in [0.29, 0.717) is 11.7 Å². The van der Waals surface area contributed by atoms with E-state index in [1.54, 1.807) is 18.2 Å². The third-order valence-electron chi connectivity index (χ3n) is 2.88. The van der Waals surface area contributed by atoms with E-state index in [9.17, 15) is 8.42 Å². The highest BCUT2D eigenvalue weighted by Crippen LogP contribution is 2.28. The van der Waals surface area contributed by atoms with Gasteiger partial charge in [0.05, 0.1) is 7.11 Å². The maximum Gasteiger partial charge on any atom is 0.267 e. The number of rotatable bonds is 6. The molecule has 0 fully saturated rings. The first-order valence-corrected chi connectivity index (χ1v) is 9.11. The van der Waals surface area contributed by atoms with Gasteiger partial charge in [-0.15, -0.1) is 10.2 Å². The fourth-order valence-corrected chi connectivity index (χ4v) is 4.33. The SMILES string of the molecule is COc1ccc(C)cc1S(=O)(=O)Nc1nnc(CC(C)C)s1. The highest BCUT2D eigenvalue weighted by Gasteiger charge is 2.21. The van der Waals surface area contributed by atoms with Crippen molar-refractivity contribution in [3.8, 4) is 5.75 Å². The van der Waals surface area contributed by atoms with Gasteiger partial charge >= 0.3 is 0 Å². The summed E-state index contributed by atoms with van der Waals surface area (Å²) >= 11 is 1.25. The molecule has 0 aliphatic carbocycles. The van der Waals surface area contributed by atoms with Crippen LogP contribution in [0.3, 0.4) is 0 Å². The summed E-state index contributed by atoms with van der Waals surface area (Å²) in [6.07, 6.45) is 0.771. The van der Waals surface area contributed by atoms with Crippen molar-refractivity contribution in [3.63, 3.8) is 0 Å². The van der Waals surface area contributed by atoms with Crippen molar-refractivity contribution in [1.82, 2.24) is 10.2 Å². The zero-order valence-electron chi connectivity index (χ0n) is 13.0. The van der Waals surface area contributed by atoms with Crippen LogP contribution in [0.2, 0.25) is 0 Å². The minimum Gasteiger partial charge on any atom is -0.495 e. The van der Waals surface area contributed by atoms with E-state index in [2.05, 4.69) is 28.8 Å². The number of anilines is 1. The summed E-state index contributed by atoms with van der Waals surface area (Å²) in [6.45, 7) is 5.97. The van der Waals surface area contributed by atoms with Crippen LogP contribution in [0.4, 0.5) is 5.13 Å². The summed E-state index contributed by atoms with van der Waals surface area (Å²) in [4.78, 5) is 0.0932. The Morgan fingerprint density at radius 2 is 2.05 bits per heavy atom. The summed E-state index contributed by atoms with van der Waals surface area (Å²) in [6, 6.07) is 5.00. The van der Waals surface area contributed by atoms with Crippen molar-refractivity contribution < 1.29 is 13.2 Å². The summed E-state index contributed by atoms with van der Waals surface area (Å²) in [5.41, 5.74) is 0.832. The molecule has 22 heavy (non-hydrogen) atoms. The number of aromatic nitrogens is 2. The minimum atomic E-state index is -3.76. The molecule has 0 aliphatic rings. The van der Waals surface area contributed by atoms with Crippen molar-refractivity contribution in [3.05, 3.63) is 28.8 Å². The van der Waals surface area contributed by atoms with Crippen LogP contribution < -0.4 is 9.46 Å². The number of aryl methyl sites for hydroxylation is 1. The van der Waals surface area contributed by atoms with E-state index in [1.807, 2.05) is 6.92 Å². The molecule has 6 nitrogen and oxygen atoms in total. The third kappa shape index (κ3) is 3.95. The van der Waals surface area contributed by atoms with E-state index in [-0.39, 0.29) is 10.0 Å². The molecule has 0 amide bonds. The molecule has 0 atom stereocenters. The Hall–Kier alpha value is -1.67. The molecular formula is C14H19N3O3S2. The third-order valence-corrected chi connectivity index (χ3v) is 5.23. The molecule has 2 aromatic rings. The van der Waals surface area contributed by atoms with Crippen LogP contribution in [0, 0.1) is 12.8 Å². The van der Waals surface area contributed by atoms with E-state index < -0.39 is 10.0 Å². The van der Waals surface area contributed by atoms with Gasteiger partial charge < -0.3 is 4.74 Å². The highest BCUT2D eigenvalue weighted by molar-refractivity contribution is 7.93. The molecule has 0 radical (unpaired) electrons. The van der Waals surface area contributed by atoms with Crippen molar-refractivity contribution >= 4 is 26.5 Å². The number of methoxy groups -OCH3 is 1. The topological polar surface area (TPSA) is 81.2 Å². The zero-order valence-corrected chi connectivity index (χ0v) is 14.6. The monoisotopic (exact) mass is 341 g/mol. The summed E-state index contributed by atoms with van der Waals surface area (Å²) in [5.74, 6) is 0.735. The number of hydrogen-bond donors (Lipinski definition) is 1. The standard InChI is InChI=1S/C14H19N3O3S2/c1-9(2)7-13-15-16-14(21-13)17-22(18,19)12-8-10(3)5-6-11(12)20-4/h5-6,8-9H,7H2,1-4H3,(H,16,17). The van der Waals surface area contributed by atoms with Crippen LogP contribution in [0.25, 0.3) is 0 Å². The molecule has 2 rings (SSSR count). The number of sulfonamides is 1. The Balaban J connectivity index is 2.28. The van der Waals surface area contributed by atoms with Gasteiger partial charge in [-0.1, -0.05) is 31.3 Å². The molecule has 0 aliphatic heterocycles. The first-order chi connectivity index (χ1) is 10.3. The second-order valence-corrected chi connectivity index (χ2v) is 8.07. The van der Waals surface area contributed by atoms with Crippen LogP contribution in [0.1, 0.15) is 24.4 Å². The van der Waals surface area contributed by atoms with Crippen LogP contribution >= 0.6 is 11.3 Å². The van der Waals surface area contributed by atoms with Crippen molar-refractivity contribution in [2.45, 2.75) is 32.1 Å². The Kier molecular flexibility index (Phi) is 5.02. The van der Waals surface area contributed by atoms with Crippen LogP contribution in [-0.4, -0.2) is 25.7 Å². The first-order valence-electron chi connectivity index (χ1n) is 6.81. The largest absolute Gasteiger partial charge is 0.495 e. The lowest BCUT2D eigenvalue weighted by Crippen LogP contribution is -2.14. The van der Waals surface area contributed by atoms with Gasteiger partial charge in [0.25, 0.3) is 10.0 Å². The number of benzene rings is 1. The van der Waals surface area contributed by atoms with Crippen molar-refractivity contribution in [1.29, 1.82) is 0 Å². The van der Waals surface area contributed by atoms with Crippen molar-refractivity contribution in [2.75, 3.05) is 11.8 Å². The van der Waals surface area contributed by atoms with E-state index in [4.69, 9.17) is 4.74 Å². The van der Waals surface area contributed by atoms with Gasteiger partial charge in [0.15, 0.2) is 0 Å². The first kappa shape index (κ1) is 16.7. The maximum atomic E-state index is 12.5. The molecule has 0 spiro atoms. The fraction of sp³-hybridized carbons (Fsp3) is 0.429. The second kappa shape index (κ2) is 6.62. The summed E-state index contributed by atoms with van der Waals surface area (Å²) < 4.78 is 32.6. The summed E-state index contributed by atoms with van der Waals surface area (Å²) in [5, 5.41) is 8.97. The average molecular weight is 341 g/mol. The van der Waals surface area contributed by atoms with Crippen LogP contribution in [0.15, 0.2) is 23.1 Å². The van der Waals surface area contributed by atoms with E-state index in [0.717, 1.165) is 17.0 Å². The van der Waals surface area contributed by atoms with Gasteiger partial charge in [-0.05, 0) is 30.5 Å². The Bertz CT molecular complexity index is 754. The normalized spacial score (nSPS) is 11.7. The lowest BCUT2D eigenvalue weighted by molar-refractivity contribution is 0.402. The van der Waals surface area contributed by atoms with E-state index in [1.165, 1.54) is 18.4 Å².